The van der Waals surface area contributed by atoms with Crippen LogP contribution in [0, 0.1) is 0 Å². The van der Waals surface area contributed by atoms with Crippen molar-refractivity contribution in [3.63, 3.8) is 0 Å². The lowest BCUT2D eigenvalue weighted by Crippen LogP contribution is -2.53. The van der Waals surface area contributed by atoms with Crippen LogP contribution in [0.4, 0.5) is 5.69 Å². The molecule has 2 aliphatic rings. The van der Waals surface area contributed by atoms with Gasteiger partial charge >= 0.3 is 0 Å². The van der Waals surface area contributed by atoms with Crippen LogP contribution in [-0.2, 0) is 15.1 Å². The average Bonchev–Trinajstić information content (AvgIpc) is 3.12. The summed E-state index contributed by atoms with van der Waals surface area (Å²) in [6.45, 7) is 5.48. The summed E-state index contributed by atoms with van der Waals surface area (Å²) in [6, 6.07) is 16.4. The third-order valence-corrected chi connectivity index (χ3v) is 5.92. The fraction of sp³-hybridized carbons (Fsp3) is 0.250. The SMILES string of the molecule is CC(C)(C)N1C(=O)C[C@@]2(C1=O)c1ccccc1C(=O)N2c1cccc2cccnc12. The van der Waals surface area contributed by atoms with Gasteiger partial charge in [0.05, 0.1) is 17.6 Å². The third-order valence-electron chi connectivity index (χ3n) is 5.92. The van der Waals surface area contributed by atoms with Gasteiger partial charge in [-0.25, -0.2) is 0 Å². The predicted octanol–water partition coefficient (Wildman–Crippen LogP) is 3.65. The van der Waals surface area contributed by atoms with Crippen LogP contribution in [-0.4, -0.2) is 33.1 Å². The Labute approximate surface area is 174 Å². The minimum absolute atomic E-state index is 0.0882. The summed E-state index contributed by atoms with van der Waals surface area (Å²) in [7, 11) is 0. The van der Waals surface area contributed by atoms with E-state index in [1.54, 1.807) is 36.5 Å². The number of rotatable bonds is 1. The molecule has 6 nitrogen and oxygen atoms in total. The number of imide groups is 1. The Morgan fingerprint density at radius 3 is 2.40 bits per heavy atom. The van der Waals surface area contributed by atoms with Crippen molar-refractivity contribution in [1.82, 2.24) is 9.88 Å². The molecule has 1 aromatic heterocycles. The maximum Gasteiger partial charge on any atom is 0.261 e. The normalized spacial score (nSPS) is 21.2. The van der Waals surface area contributed by atoms with Crippen LogP contribution in [0.1, 0.15) is 43.1 Å². The van der Waals surface area contributed by atoms with Crippen molar-refractivity contribution in [2.75, 3.05) is 4.90 Å². The van der Waals surface area contributed by atoms with Crippen molar-refractivity contribution in [2.45, 2.75) is 38.3 Å². The fourth-order valence-corrected chi connectivity index (χ4v) is 4.76. The topological polar surface area (TPSA) is 70.6 Å². The van der Waals surface area contributed by atoms with E-state index in [9.17, 15) is 14.4 Å². The Morgan fingerprint density at radius 2 is 1.67 bits per heavy atom. The molecule has 6 heteroatoms. The van der Waals surface area contributed by atoms with Gasteiger partial charge in [-0.1, -0.05) is 36.4 Å². The number of benzene rings is 2. The van der Waals surface area contributed by atoms with E-state index in [0.29, 0.717) is 22.3 Å². The summed E-state index contributed by atoms with van der Waals surface area (Å²) in [4.78, 5) is 47.9. The van der Waals surface area contributed by atoms with Crippen LogP contribution in [0.2, 0.25) is 0 Å². The first kappa shape index (κ1) is 18.5. The molecule has 0 N–H and O–H groups in total. The molecule has 1 atom stereocenters. The summed E-state index contributed by atoms with van der Waals surface area (Å²) in [5, 5.41) is 0.860. The van der Waals surface area contributed by atoms with Crippen molar-refractivity contribution in [3.8, 4) is 0 Å². The highest BCUT2D eigenvalue weighted by Crippen LogP contribution is 2.51. The van der Waals surface area contributed by atoms with E-state index in [1.807, 2.05) is 45.0 Å². The number of fused-ring (bicyclic) bond motifs is 3. The molecule has 30 heavy (non-hydrogen) atoms. The van der Waals surface area contributed by atoms with Gasteiger partial charge in [0.1, 0.15) is 0 Å². The lowest BCUT2D eigenvalue weighted by atomic mass is 9.87. The Balaban J connectivity index is 1.82. The lowest BCUT2D eigenvalue weighted by Gasteiger charge is -2.36. The van der Waals surface area contributed by atoms with Gasteiger partial charge in [-0.3, -0.25) is 29.2 Å². The number of amides is 3. The number of nitrogens with zero attached hydrogens (tertiary/aromatic N) is 3. The van der Waals surface area contributed by atoms with Gasteiger partial charge in [0, 0.05) is 28.2 Å². The predicted molar refractivity (Wildman–Crippen MR) is 113 cm³/mol. The van der Waals surface area contributed by atoms with Gasteiger partial charge in [-0.15, -0.1) is 0 Å². The zero-order valence-corrected chi connectivity index (χ0v) is 17.0. The number of carbonyl (C=O) groups is 3. The number of hydrogen-bond acceptors (Lipinski definition) is 4. The molecular weight excluding hydrogens is 378 g/mol. The zero-order chi connectivity index (χ0) is 21.3. The third kappa shape index (κ3) is 2.24. The van der Waals surface area contributed by atoms with Crippen molar-refractivity contribution >= 4 is 34.3 Å². The molecule has 0 bridgehead atoms. The molecule has 0 radical (unpaired) electrons. The van der Waals surface area contributed by atoms with Gasteiger partial charge in [0.2, 0.25) is 5.91 Å². The summed E-state index contributed by atoms with van der Waals surface area (Å²) in [5.74, 6) is -0.943. The monoisotopic (exact) mass is 399 g/mol. The van der Waals surface area contributed by atoms with Crippen LogP contribution in [0.15, 0.2) is 60.8 Å². The van der Waals surface area contributed by atoms with Crippen LogP contribution in [0.3, 0.4) is 0 Å². The smallest absolute Gasteiger partial charge is 0.261 e. The molecule has 3 heterocycles. The maximum atomic E-state index is 13.9. The standard InChI is InChI=1S/C24H21N3O3/c1-23(2,3)27-19(28)14-24(22(27)30)17-11-5-4-10-16(17)21(29)26(24)18-12-6-8-15-9-7-13-25-20(15)18/h4-13H,14H2,1-3H3/t24-/m0/s1. The average molecular weight is 399 g/mol. The number of hydrogen-bond donors (Lipinski definition) is 0. The molecule has 2 aliphatic heterocycles. The van der Waals surface area contributed by atoms with E-state index >= 15 is 0 Å². The van der Waals surface area contributed by atoms with Crippen molar-refractivity contribution in [1.29, 1.82) is 0 Å². The molecule has 1 saturated heterocycles. The molecule has 2 aromatic carbocycles. The molecule has 0 unspecified atom stereocenters. The summed E-state index contributed by atoms with van der Waals surface area (Å²) in [5.41, 5.74) is 0.0849. The van der Waals surface area contributed by atoms with E-state index in [4.69, 9.17) is 0 Å². The summed E-state index contributed by atoms with van der Waals surface area (Å²) >= 11 is 0. The number of likely N-dealkylation sites (tertiary alicyclic amines) is 1. The highest BCUT2D eigenvalue weighted by Gasteiger charge is 2.64. The Kier molecular flexibility index (Phi) is 3.69. The number of carbonyl (C=O) groups excluding carboxylic acids is 3. The fourth-order valence-electron chi connectivity index (χ4n) is 4.76. The van der Waals surface area contributed by atoms with Crippen LogP contribution >= 0.6 is 0 Å². The second kappa shape index (κ2) is 5.98. The molecule has 3 aromatic rings. The maximum absolute atomic E-state index is 13.9. The number of aromatic nitrogens is 1. The summed E-state index contributed by atoms with van der Waals surface area (Å²) < 4.78 is 0. The second-order valence-electron chi connectivity index (χ2n) is 8.78. The second-order valence-corrected chi connectivity index (χ2v) is 8.78. The van der Waals surface area contributed by atoms with Gasteiger partial charge < -0.3 is 0 Å². The Bertz CT molecular complexity index is 1240. The van der Waals surface area contributed by atoms with Crippen molar-refractivity contribution < 1.29 is 14.4 Å². The molecule has 0 aliphatic carbocycles. The molecule has 3 amide bonds. The van der Waals surface area contributed by atoms with E-state index < -0.39 is 11.1 Å². The van der Waals surface area contributed by atoms with E-state index in [1.165, 1.54) is 9.80 Å². The van der Waals surface area contributed by atoms with Gasteiger partial charge in [0.15, 0.2) is 5.54 Å². The van der Waals surface area contributed by atoms with Gasteiger partial charge in [-0.05, 0) is 39.0 Å². The number of para-hydroxylation sites is 1. The van der Waals surface area contributed by atoms with Crippen LogP contribution < -0.4 is 4.90 Å². The van der Waals surface area contributed by atoms with Gasteiger partial charge in [-0.2, -0.15) is 0 Å². The largest absolute Gasteiger partial charge is 0.286 e. The van der Waals surface area contributed by atoms with E-state index in [0.717, 1.165) is 5.39 Å². The number of anilines is 1. The van der Waals surface area contributed by atoms with Crippen LogP contribution in [0.25, 0.3) is 10.9 Å². The van der Waals surface area contributed by atoms with Gasteiger partial charge in [0.25, 0.3) is 11.8 Å². The first-order chi connectivity index (χ1) is 14.3. The molecule has 1 fully saturated rings. The highest BCUT2D eigenvalue weighted by molar-refractivity contribution is 6.24. The zero-order valence-electron chi connectivity index (χ0n) is 17.0. The lowest BCUT2D eigenvalue weighted by molar-refractivity contribution is -0.145. The molecule has 1 spiro atoms. The Morgan fingerprint density at radius 1 is 0.933 bits per heavy atom. The Hall–Kier alpha value is -3.54. The molecule has 5 rings (SSSR count). The molecular formula is C24H21N3O3. The van der Waals surface area contributed by atoms with Crippen LogP contribution in [0.5, 0.6) is 0 Å². The van der Waals surface area contributed by atoms with Crippen molar-refractivity contribution in [2.24, 2.45) is 0 Å². The quantitative estimate of drug-likeness (QED) is 0.586. The minimum Gasteiger partial charge on any atom is -0.286 e. The first-order valence-corrected chi connectivity index (χ1v) is 9.92. The first-order valence-electron chi connectivity index (χ1n) is 9.92. The van der Waals surface area contributed by atoms with E-state index in [2.05, 4.69) is 4.98 Å². The van der Waals surface area contributed by atoms with E-state index in [-0.39, 0.29) is 24.1 Å². The highest BCUT2D eigenvalue weighted by atomic mass is 16.2. The number of pyridine rings is 1. The molecule has 0 saturated carbocycles. The minimum atomic E-state index is -1.40. The molecule has 150 valence electrons. The summed E-state index contributed by atoms with van der Waals surface area (Å²) in [6.07, 6.45) is 1.57. The van der Waals surface area contributed by atoms with Crippen molar-refractivity contribution in [3.05, 3.63) is 71.9 Å².